The second-order valence-corrected chi connectivity index (χ2v) is 7.71. The van der Waals surface area contributed by atoms with Crippen LogP contribution in [0.15, 0.2) is 41.7 Å². The normalized spacial score (nSPS) is 15.3. The summed E-state index contributed by atoms with van der Waals surface area (Å²) >= 11 is 6.56. The van der Waals surface area contributed by atoms with Crippen molar-refractivity contribution >= 4 is 46.2 Å². The zero-order chi connectivity index (χ0) is 19.9. The quantitative estimate of drug-likeness (QED) is 0.508. The van der Waals surface area contributed by atoms with Crippen LogP contribution in [0.2, 0.25) is 0 Å². The fourth-order valence-corrected chi connectivity index (χ4v) is 3.94. The number of thiocarbonyl (C=S) groups is 1. The minimum Gasteiger partial charge on any atom is -0.497 e. The van der Waals surface area contributed by atoms with Crippen molar-refractivity contribution in [3.8, 4) is 5.75 Å². The molecule has 1 aliphatic heterocycles. The van der Waals surface area contributed by atoms with Gasteiger partial charge in [0, 0.05) is 37.8 Å². The number of amides is 2. The Morgan fingerprint density at radius 2 is 2.32 bits per heavy atom. The summed E-state index contributed by atoms with van der Waals surface area (Å²) in [5.41, 5.74) is 1.82. The molecule has 1 aromatic heterocycles. The smallest absolute Gasteiger partial charge is 0.266 e. The zero-order valence-corrected chi connectivity index (χ0v) is 16.9. The summed E-state index contributed by atoms with van der Waals surface area (Å²) in [6.45, 7) is 0.769. The molecule has 1 fully saturated rings. The van der Waals surface area contributed by atoms with Crippen LogP contribution in [-0.4, -0.2) is 51.2 Å². The summed E-state index contributed by atoms with van der Waals surface area (Å²) < 4.78 is 5.66. The van der Waals surface area contributed by atoms with E-state index in [-0.39, 0.29) is 24.8 Å². The van der Waals surface area contributed by atoms with Crippen molar-refractivity contribution in [2.24, 2.45) is 0 Å². The van der Waals surface area contributed by atoms with Crippen molar-refractivity contribution in [2.75, 3.05) is 20.2 Å². The summed E-state index contributed by atoms with van der Waals surface area (Å²) in [5.74, 6) is 0.421. The Labute approximate surface area is 172 Å². The molecule has 1 saturated heterocycles. The predicted octanol–water partition coefficient (Wildman–Crippen LogP) is 2.37. The molecule has 28 heavy (non-hydrogen) atoms. The SMILES string of the molecule is COc1cccc(C=C2SC(=S)N(CCC(=O)NCCc3cnc[nH]3)C2=O)c1. The van der Waals surface area contributed by atoms with Crippen LogP contribution in [0, 0.1) is 0 Å². The zero-order valence-electron chi connectivity index (χ0n) is 15.3. The molecule has 7 nitrogen and oxygen atoms in total. The lowest BCUT2D eigenvalue weighted by Crippen LogP contribution is -2.34. The molecule has 1 aromatic carbocycles. The van der Waals surface area contributed by atoms with E-state index in [1.54, 1.807) is 25.7 Å². The van der Waals surface area contributed by atoms with E-state index >= 15 is 0 Å². The van der Waals surface area contributed by atoms with Crippen molar-refractivity contribution in [2.45, 2.75) is 12.8 Å². The number of thioether (sulfide) groups is 1. The topological polar surface area (TPSA) is 87.3 Å². The molecule has 2 amide bonds. The minimum atomic E-state index is -0.178. The van der Waals surface area contributed by atoms with Gasteiger partial charge < -0.3 is 15.0 Å². The van der Waals surface area contributed by atoms with Gasteiger partial charge in [0.1, 0.15) is 10.1 Å². The van der Waals surface area contributed by atoms with Crippen molar-refractivity contribution in [1.29, 1.82) is 0 Å². The first-order chi connectivity index (χ1) is 13.6. The number of benzene rings is 1. The number of imidazole rings is 1. The molecule has 0 atom stereocenters. The fourth-order valence-electron chi connectivity index (χ4n) is 2.64. The lowest BCUT2D eigenvalue weighted by Gasteiger charge is -2.14. The van der Waals surface area contributed by atoms with Crippen LogP contribution in [0.3, 0.4) is 0 Å². The van der Waals surface area contributed by atoms with E-state index in [1.165, 1.54) is 16.7 Å². The third-order valence-corrected chi connectivity index (χ3v) is 5.48. The van der Waals surface area contributed by atoms with Crippen LogP contribution in [0.25, 0.3) is 6.08 Å². The monoisotopic (exact) mass is 416 g/mol. The molecule has 1 aliphatic rings. The molecule has 146 valence electrons. The van der Waals surface area contributed by atoms with Gasteiger partial charge >= 0.3 is 0 Å². The summed E-state index contributed by atoms with van der Waals surface area (Å²) in [5, 5.41) is 2.84. The fraction of sp³-hybridized carbons (Fsp3) is 0.263. The largest absolute Gasteiger partial charge is 0.497 e. The third kappa shape index (κ3) is 5.20. The number of hydrogen-bond acceptors (Lipinski definition) is 6. The Morgan fingerprint density at radius 3 is 3.07 bits per heavy atom. The Morgan fingerprint density at radius 1 is 1.46 bits per heavy atom. The molecular formula is C19H20N4O3S2. The van der Waals surface area contributed by atoms with Gasteiger partial charge in [0.05, 0.1) is 18.3 Å². The van der Waals surface area contributed by atoms with Crippen LogP contribution in [-0.2, 0) is 16.0 Å². The number of carbonyl (C=O) groups excluding carboxylic acids is 2. The summed E-state index contributed by atoms with van der Waals surface area (Å²) in [7, 11) is 1.60. The number of aromatic amines is 1. The van der Waals surface area contributed by atoms with E-state index in [1.807, 2.05) is 24.3 Å². The maximum atomic E-state index is 12.6. The van der Waals surface area contributed by atoms with Crippen LogP contribution >= 0.6 is 24.0 Å². The second-order valence-electron chi connectivity index (χ2n) is 6.04. The van der Waals surface area contributed by atoms with Crippen molar-refractivity contribution < 1.29 is 14.3 Å². The van der Waals surface area contributed by atoms with E-state index in [9.17, 15) is 9.59 Å². The summed E-state index contributed by atoms with van der Waals surface area (Å²) in [4.78, 5) is 33.6. The number of nitrogens with one attached hydrogen (secondary N) is 2. The second kappa shape index (κ2) is 9.52. The minimum absolute atomic E-state index is 0.120. The highest BCUT2D eigenvalue weighted by molar-refractivity contribution is 8.26. The van der Waals surface area contributed by atoms with E-state index in [0.29, 0.717) is 22.2 Å². The highest BCUT2D eigenvalue weighted by Crippen LogP contribution is 2.33. The molecule has 9 heteroatoms. The summed E-state index contributed by atoms with van der Waals surface area (Å²) in [6, 6.07) is 7.44. The Balaban J connectivity index is 1.51. The molecule has 0 saturated carbocycles. The number of hydrogen-bond donors (Lipinski definition) is 2. The number of ether oxygens (including phenoxy) is 1. The van der Waals surface area contributed by atoms with Gasteiger partial charge in [0.2, 0.25) is 5.91 Å². The lowest BCUT2D eigenvalue weighted by molar-refractivity contribution is -0.123. The number of nitrogens with zero attached hydrogens (tertiary/aromatic N) is 2. The molecule has 2 N–H and O–H groups in total. The highest BCUT2D eigenvalue weighted by atomic mass is 32.2. The molecule has 0 radical (unpaired) electrons. The van der Waals surface area contributed by atoms with Gasteiger partial charge in [0.25, 0.3) is 5.91 Å². The molecular weight excluding hydrogens is 396 g/mol. The Hall–Kier alpha value is -2.65. The number of aromatic nitrogens is 2. The number of rotatable bonds is 8. The number of H-pyrrole nitrogens is 1. The molecule has 3 rings (SSSR count). The van der Waals surface area contributed by atoms with Crippen molar-refractivity contribution in [3.05, 3.63) is 53.0 Å². The lowest BCUT2D eigenvalue weighted by atomic mass is 10.2. The average Bonchev–Trinajstić information content (AvgIpc) is 3.29. The molecule has 0 unspecified atom stereocenters. The highest BCUT2D eigenvalue weighted by Gasteiger charge is 2.32. The van der Waals surface area contributed by atoms with Crippen LogP contribution < -0.4 is 10.1 Å². The maximum Gasteiger partial charge on any atom is 0.266 e. The van der Waals surface area contributed by atoms with Gasteiger partial charge in [-0.05, 0) is 23.8 Å². The van der Waals surface area contributed by atoms with E-state index in [2.05, 4.69) is 15.3 Å². The molecule has 0 bridgehead atoms. The number of carbonyl (C=O) groups is 2. The van der Waals surface area contributed by atoms with E-state index in [0.717, 1.165) is 17.0 Å². The molecule has 0 spiro atoms. The standard InChI is InChI=1S/C19H20N4O3S2/c1-26-15-4-2-3-13(9-15)10-16-18(25)23(19(27)28-16)8-6-17(24)21-7-5-14-11-20-12-22-14/h2-4,9-12H,5-8H2,1H3,(H,20,22)(H,21,24). The Bertz CT molecular complexity index is 896. The maximum absolute atomic E-state index is 12.6. The van der Waals surface area contributed by atoms with Gasteiger partial charge in [-0.15, -0.1) is 0 Å². The first-order valence-corrected chi connectivity index (χ1v) is 9.92. The third-order valence-electron chi connectivity index (χ3n) is 4.10. The molecule has 0 aliphatic carbocycles. The van der Waals surface area contributed by atoms with Crippen LogP contribution in [0.1, 0.15) is 17.7 Å². The Kier molecular flexibility index (Phi) is 6.83. The average molecular weight is 417 g/mol. The van der Waals surface area contributed by atoms with Gasteiger partial charge in [-0.25, -0.2) is 4.98 Å². The first kappa shape index (κ1) is 20.1. The molecule has 2 heterocycles. The van der Waals surface area contributed by atoms with Crippen LogP contribution in [0.4, 0.5) is 0 Å². The first-order valence-electron chi connectivity index (χ1n) is 8.70. The van der Waals surface area contributed by atoms with E-state index in [4.69, 9.17) is 17.0 Å². The number of methoxy groups -OCH3 is 1. The summed E-state index contributed by atoms with van der Waals surface area (Å²) in [6.07, 6.45) is 5.98. The van der Waals surface area contributed by atoms with Crippen molar-refractivity contribution in [3.63, 3.8) is 0 Å². The molecule has 2 aromatic rings. The van der Waals surface area contributed by atoms with Gasteiger partial charge in [-0.1, -0.05) is 36.1 Å². The van der Waals surface area contributed by atoms with Gasteiger partial charge in [-0.3, -0.25) is 14.5 Å². The predicted molar refractivity (Wildman–Crippen MR) is 113 cm³/mol. The van der Waals surface area contributed by atoms with E-state index < -0.39 is 0 Å². The van der Waals surface area contributed by atoms with Gasteiger partial charge in [-0.2, -0.15) is 0 Å². The van der Waals surface area contributed by atoms with Crippen LogP contribution in [0.5, 0.6) is 5.75 Å². The van der Waals surface area contributed by atoms with Crippen molar-refractivity contribution in [1.82, 2.24) is 20.2 Å². The van der Waals surface area contributed by atoms with Gasteiger partial charge in [0.15, 0.2) is 0 Å².